The van der Waals surface area contributed by atoms with Gasteiger partial charge in [0.25, 0.3) is 0 Å². The normalized spacial score (nSPS) is 11.9. The van der Waals surface area contributed by atoms with Crippen LogP contribution in [0.15, 0.2) is 0 Å². The van der Waals surface area contributed by atoms with Crippen LogP contribution in [0.4, 0.5) is 4.79 Å². The van der Waals surface area contributed by atoms with Gasteiger partial charge in [-0.15, -0.1) is 0 Å². The number of carbonyl (C=O) groups is 5. The number of unbranched alkanes of at least 4 members (excludes halogenated alkanes) is 1. The molecule has 1 atom stereocenters. The standard InChI is InChI=1S/C15H25N3O10/c19-11(20)7-17(8-12(21)22)5-6-18(9-13(23)24)10(14(25)26)3-1-2-4-16-15(27)28/h10,16H,1-9H2,(H,19,20)(H,21,22)(H,23,24)(H,25,26)(H,27,28). The predicted octanol–water partition coefficient (Wildman–Crippen LogP) is -1.26. The maximum absolute atomic E-state index is 11.5. The second kappa shape index (κ2) is 13.3. The molecular weight excluding hydrogens is 382 g/mol. The molecule has 0 radical (unpaired) electrons. The number of carboxylic acid groups (broad SMARTS) is 5. The van der Waals surface area contributed by atoms with Gasteiger partial charge in [0.15, 0.2) is 0 Å². The summed E-state index contributed by atoms with van der Waals surface area (Å²) in [7, 11) is 0. The fourth-order valence-corrected chi connectivity index (χ4v) is 2.51. The highest BCUT2D eigenvalue weighted by Gasteiger charge is 2.27. The summed E-state index contributed by atoms with van der Waals surface area (Å²) in [6.45, 7) is -2.02. The molecule has 28 heavy (non-hydrogen) atoms. The zero-order valence-corrected chi connectivity index (χ0v) is 15.1. The summed E-state index contributed by atoms with van der Waals surface area (Å²) in [5, 5.41) is 46.7. The fourth-order valence-electron chi connectivity index (χ4n) is 2.51. The van der Waals surface area contributed by atoms with Crippen molar-refractivity contribution in [2.75, 3.05) is 39.3 Å². The van der Waals surface area contributed by atoms with Crippen molar-refractivity contribution in [3.63, 3.8) is 0 Å². The second-order valence-corrected chi connectivity index (χ2v) is 5.94. The molecule has 0 aromatic heterocycles. The summed E-state index contributed by atoms with van der Waals surface area (Å²) >= 11 is 0. The molecule has 0 fully saturated rings. The summed E-state index contributed by atoms with van der Waals surface area (Å²) in [4.78, 5) is 56.8. The number of rotatable bonds is 16. The number of aliphatic carboxylic acids is 4. The van der Waals surface area contributed by atoms with Crippen LogP contribution in [-0.2, 0) is 19.2 Å². The van der Waals surface area contributed by atoms with Crippen molar-refractivity contribution in [2.24, 2.45) is 0 Å². The number of hydrogen-bond donors (Lipinski definition) is 6. The highest BCUT2D eigenvalue weighted by molar-refractivity contribution is 5.75. The van der Waals surface area contributed by atoms with Crippen molar-refractivity contribution in [3.05, 3.63) is 0 Å². The van der Waals surface area contributed by atoms with Crippen molar-refractivity contribution in [1.82, 2.24) is 15.1 Å². The zero-order chi connectivity index (χ0) is 21.7. The Balaban J connectivity index is 4.96. The van der Waals surface area contributed by atoms with E-state index < -0.39 is 55.6 Å². The third kappa shape index (κ3) is 12.4. The molecule has 0 aromatic rings. The fraction of sp³-hybridized carbons (Fsp3) is 0.667. The maximum Gasteiger partial charge on any atom is 0.404 e. The molecule has 13 heteroatoms. The monoisotopic (exact) mass is 407 g/mol. The van der Waals surface area contributed by atoms with Crippen molar-refractivity contribution in [2.45, 2.75) is 25.3 Å². The summed E-state index contributed by atoms with van der Waals surface area (Å²) < 4.78 is 0. The lowest BCUT2D eigenvalue weighted by Crippen LogP contribution is -2.48. The maximum atomic E-state index is 11.5. The predicted molar refractivity (Wildman–Crippen MR) is 92.2 cm³/mol. The van der Waals surface area contributed by atoms with Gasteiger partial charge in [-0.3, -0.25) is 29.0 Å². The molecule has 0 aliphatic heterocycles. The van der Waals surface area contributed by atoms with Crippen molar-refractivity contribution in [3.8, 4) is 0 Å². The lowest BCUT2D eigenvalue weighted by atomic mass is 10.1. The van der Waals surface area contributed by atoms with Gasteiger partial charge >= 0.3 is 30.0 Å². The Bertz CT molecular complexity index is 552. The van der Waals surface area contributed by atoms with Gasteiger partial charge in [0.1, 0.15) is 6.04 Å². The Kier molecular flexibility index (Phi) is 11.9. The second-order valence-electron chi connectivity index (χ2n) is 5.94. The summed E-state index contributed by atoms with van der Waals surface area (Å²) in [5.74, 6) is -5.12. The van der Waals surface area contributed by atoms with E-state index in [-0.39, 0.29) is 26.1 Å². The number of amides is 1. The molecule has 1 amide bonds. The van der Waals surface area contributed by atoms with Gasteiger partial charge in [-0.1, -0.05) is 0 Å². The lowest BCUT2D eigenvalue weighted by Gasteiger charge is -2.29. The van der Waals surface area contributed by atoms with Crippen molar-refractivity contribution < 1.29 is 49.5 Å². The lowest BCUT2D eigenvalue weighted by molar-refractivity contribution is -0.148. The number of nitrogens with one attached hydrogen (secondary N) is 1. The number of carboxylic acids is 4. The summed E-state index contributed by atoms with van der Waals surface area (Å²) in [6.07, 6.45) is -0.510. The van der Waals surface area contributed by atoms with Gasteiger partial charge in [0.05, 0.1) is 19.6 Å². The number of hydrogen-bond acceptors (Lipinski definition) is 7. The van der Waals surface area contributed by atoms with Crippen LogP contribution in [0, 0.1) is 0 Å². The molecule has 0 bridgehead atoms. The van der Waals surface area contributed by atoms with Crippen LogP contribution in [0.3, 0.4) is 0 Å². The van der Waals surface area contributed by atoms with E-state index in [9.17, 15) is 29.1 Å². The molecule has 160 valence electrons. The first kappa shape index (κ1) is 25.1. The third-order valence-electron chi connectivity index (χ3n) is 3.67. The van der Waals surface area contributed by atoms with Gasteiger partial charge < -0.3 is 30.8 Å². The first-order valence-corrected chi connectivity index (χ1v) is 8.34. The summed E-state index contributed by atoms with van der Waals surface area (Å²) in [6, 6.07) is -1.20. The highest BCUT2D eigenvalue weighted by atomic mass is 16.4. The Morgan fingerprint density at radius 2 is 1.29 bits per heavy atom. The van der Waals surface area contributed by atoms with E-state index >= 15 is 0 Å². The largest absolute Gasteiger partial charge is 0.480 e. The minimum absolute atomic E-state index is 0.0434. The van der Waals surface area contributed by atoms with E-state index in [0.29, 0.717) is 12.8 Å². The van der Waals surface area contributed by atoms with Crippen LogP contribution in [0.5, 0.6) is 0 Å². The molecule has 0 spiro atoms. The quantitative estimate of drug-likeness (QED) is 0.166. The zero-order valence-electron chi connectivity index (χ0n) is 15.1. The van der Waals surface area contributed by atoms with Gasteiger partial charge in [0, 0.05) is 19.6 Å². The minimum Gasteiger partial charge on any atom is -0.480 e. The molecule has 0 aliphatic rings. The molecule has 0 saturated heterocycles. The third-order valence-corrected chi connectivity index (χ3v) is 3.67. The Hall–Kier alpha value is -2.93. The van der Waals surface area contributed by atoms with E-state index in [1.165, 1.54) is 0 Å². The average Bonchev–Trinajstić information content (AvgIpc) is 2.52. The van der Waals surface area contributed by atoms with E-state index in [1.54, 1.807) is 0 Å². The van der Waals surface area contributed by atoms with Crippen molar-refractivity contribution >= 4 is 30.0 Å². The Morgan fingerprint density at radius 3 is 1.71 bits per heavy atom. The molecule has 1 unspecified atom stereocenters. The molecule has 0 aliphatic carbocycles. The van der Waals surface area contributed by atoms with Gasteiger partial charge in [0.2, 0.25) is 0 Å². The number of nitrogens with zero attached hydrogens (tertiary/aromatic N) is 2. The van der Waals surface area contributed by atoms with Gasteiger partial charge in [-0.25, -0.2) is 4.79 Å². The molecule has 0 saturated carbocycles. The van der Waals surface area contributed by atoms with E-state index in [4.69, 9.17) is 20.4 Å². The molecule has 6 N–H and O–H groups in total. The van der Waals surface area contributed by atoms with E-state index in [1.807, 2.05) is 0 Å². The van der Waals surface area contributed by atoms with Crippen LogP contribution in [0.1, 0.15) is 19.3 Å². The Morgan fingerprint density at radius 1 is 0.750 bits per heavy atom. The highest BCUT2D eigenvalue weighted by Crippen LogP contribution is 2.10. The SMILES string of the molecule is O=C(O)CN(CCN(CC(=O)O)C(CCCCNC(=O)O)C(=O)O)CC(=O)O. The first-order valence-electron chi connectivity index (χ1n) is 8.34. The van der Waals surface area contributed by atoms with E-state index in [0.717, 1.165) is 9.80 Å². The van der Waals surface area contributed by atoms with Crippen LogP contribution < -0.4 is 5.32 Å². The first-order chi connectivity index (χ1) is 13.0. The smallest absolute Gasteiger partial charge is 0.404 e. The Labute approximate surface area is 160 Å². The molecule has 0 aromatic carbocycles. The van der Waals surface area contributed by atoms with Crippen LogP contribution >= 0.6 is 0 Å². The van der Waals surface area contributed by atoms with Gasteiger partial charge in [-0.2, -0.15) is 0 Å². The van der Waals surface area contributed by atoms with Crippen molar-refractivity contribution in [1.29, 1.82) is 0 Å². The van der Waals surface area contributed by atoms with Crippen LogP contribution in [-0.4, -0.2) is 111 Å². The average molecular weight is 407 g/mol. The molecule has 0 rings (SSSR count). The van der Waals surface area contributed by atoms with Crippen LogP contribution in [0.2, 0.25) is 0 Å². The topological polar surface area (TPSA) is 205 Å². The molecule has 0 heterocycles. The molecular formula is C15H25N3O10. The molecule has 13 nitrogen and oxygen atoms in total. The van der Waals surface area contributed by atoms with Crippen LogP contribution in [0.25, 0.3) is 0 Å². The minimum atomic E-state index is -1.29. The van der Waals surface area contributed by atoms with Gasteiger partial charge in [-0.05, 0) is 19.3 Å². The van der Waals surface area contributed by atoms with E-state index in [2.05, 4.69) is 5.32 Å². The summed E-state index contributed by atoms with van der Waals surface area (Å²) in [5.41, 5.74) is 0.